The fourth-order valence-corrected chi connectivity index (χ4v) is 6.63. The first kappa shape index (κ1) is 28.2. The van der Waals surface area contributed by atoms with Crippen molar-refractivity contribution < 1.29 is 32.3 Å². The number of nitrogens with one attached hydrogen (secondary N) is 3. The average Bonchev–Trinajstić information content (AvgIpc) is 3.11. The maximum atomic E-state index is 13.6. The largest absolute Gasteiger partial charge is 0.471 e. The van der Waals surface area contributed by atoms with Crippen LogP contribution in [0.25, 0.3) is 0 Å². The van der Waals surface area contributed by atoms with Gasteiger partial charge in [0.1, 0.15) is 18.1 Å². The maximum Gasteiger partial charge on any atom is 0.471 e. The van der Waals surface area contributed by atoms with E-state index in [0.29, 0.717) is 6.42 Å². The van der Waals surface area contributed by atoms with E-state index in [4.69, 9.17) is 0 Å². The zero-order valence-electron chi connectivity index (χ0n) is 22.4. The van der Waals surface area contributed by atoms with Gasteiger partial charge < -0.3 is 20.9 Å². The second-order valence-electron chi connectivity index (χ2n) is 13.1. The van der Waals surface area contributed by atoms with Crippen molar-refractivity contribution in [1.29, 1.82) is 5.26 Å². The lowest BCUT2D eigenvalue weighted by Gasteiger charge is -2.38. The van der Waals surface area contributed by atoms with Crippen LogP contribution in [-0.2, 0) is 19.2 Å². The van der Waals surface area contributed by atoms with Crippen LogP contribution >= 0.6 is 0 Å². The number of nitriles is 1. The third kappa shape index (κ3) is 4.96. The summed E-state index contributed by atoms with van der Waals surface area (Å²) in [7, 11) is 0. The third-order valence-electron chi connectivity index (χ3n) is 9.11. The Balaban J connectivity index is 1.50. The molecule has 3 N–H and O–H groups in total. The van der Waals surface area contributed by atoms with Gasteiger partial charge in [-0.1, -0.05) is 34.6 Å². The van der Waals surface area contributed by atoms with E-state index in [0.717, 1.165) is 19.3 Å². The molecule has 4 aliphatic rings. The Labute approximate surface area is 220 Å². The second kappa shape index (κ2) is 9.12. The van der Waals surface area contributed by atoms with Crippen molar-refractivity contribution in [2.24, 2.45) is 28.6 Å². The Morgan fingerprint density at radius 1 is 1.18 bits per heavy atom. The molecule has 210 valence electrons. The van der Waals surface area contributed by atoms with Crippen LogP contribution in [0.3, 0.4) is 0 Å². The van der Waals surface area contributed by atoms with Crippen molar-refractivity contribution >= 4 is 23.6 Å². The molecule has 4 rings (SSSR count). The SMILES string of the molecule is CC1(C)C2CN(C(=O)[C@@H](NC(=O)C(F)(F)F)C(C)(C)C)C(C(=O)N[C@H](C#N)C[C@@H]3CC4(CCC4)NC3=O)C21. The topological polar surface area (TPSA) is 131 Å². The Morgan fingerprint density at radius 3 is 2.29 bits per heavy atom. The third-order valence-corrected chi connectivity index (χ3v) is 9.11. The Morgan fingerprint density at radius 2 is 1.82 bits per heavy atom. The molecule has 9 nitrogen and oxygen atoms in total. The molecule has 0 aromatic heterocycles. The molecule has 2 heterocycles. The molecule has 2 saturated carbocycles. The smallest absolute Gasteiger partial charge is 0.350 e. The van der Waals surface area contributed by atoms with Crippen LogP contribution in [0.15, 0.2) is 0 Å². The van der Waals surface area contributed by atoms with Gasteiger partial charge in [-0.15, -0.1) is 0 Å². The molecule has 2 aliphatic carbocycles. The number of fused-ring (bicyclic) bond motifs is 1. The predicted octanol–water partition coefficient (Wildman–Crippen LogP) is 2.02. The van der Waals surface area contributed by atoms with Crippen molar-refractivity contribution in [3.05, 3.63) is 0 Å². The normalized spacial score (nSPS) is 30.4. The summed E-state index contributed by atoms with van der Waals surface area (Å²) in [5.41, 5.74) is -1.53. The molecule has 4 fully saturated rings. The van der Waals surface area contributed by atoms with Gasteiger partial charge in [-0.2, -0.15) is 18.4 Å². The second-order valence-corrected chi connectivity index (χ2v) is 13.1. The number of carbonyl (C=O) groups excluding carboxylic acids is 4. The summed E-state index contributed by atoms with van der Waals surface area (Å²) >= 11 is 0. The van der Waals surface area contributed by atoms with Gasteiger partial charge in [-0.25, -0.2) is 0 Å². The van der Waals surface area contributed by atoms with Crippen LogP contribution in [0.1, 0.15) is 66.7 Å². The Bertz CT molecular complexity index is 1070. The number of likely N-dealkylation sites (tertiary alicyclic amines) is 1. The number of amides is 4. The summed E-state index contributed by atoms with van der Waals surface area (Å²) in [6, 6.07) is -1.42. The molecule has 3 unspecified atom stereocenters. The van der Waals surface area contributed by atoms with Crippen LogP contribution in [0.2, 0.25) is 0 Å². The summed E-state index contributed by atoms with van der Waals surface area (Å²) in [5.74, 6) is -4.38. The van der Waals surface area contributed by atoms with Gasteiger partial charge in [-0.3, -0.25) is 19.2 Å². The molecule has 2 saturated heterocycles. The summed E-state index contributed by atoms with van der Waals surface area (Å²) in [6.45, 7) is 8.69. The molecule has 6 atom stereocenters. The molecule has 0 bridgehead atoms. The van der Waals surface area contributed by atoms with E-state index in [9.17, 15) is 37.6 Å². The summed E-state index contributed by atoms with van der Waals surface area (Å²) in [6.07, 6.45) is -1.58. The van der Waals surface area contributed by atoms with Gasteiger partial charge in [0.2, 0.25) is 17.7 Å². The van der Waals surface area contributed by atoms with Gasteiger partial charge in [0.25, 0.3) is 0 Å². The minimum absolute atomic E-state index is 0.0410. The van der Waals surface area contributed by atoms with Crippen molar-refractivity contribution in [1.82, 2.24) is 20.9 Å². The highest BCUT2D eigenvalue weighted by molar-refractivity contribution is 5.95. The molecule has 2 aliphatic heterocycles. The highest BCUT2D eigenvalue weighted by Gasteiger charge is 2.70. The lowest BCUT2D eigenvalue weighted by atomic mass is 9.74. The van der Waals surface area contributed by atoms with Gasteiger partial charge in [0, 0.05) is 18.0 Å². The molecular formula is C26H36F3N5O4. The molecule has 12 heteroatoms. The van der Waals surface area contributed by atoms with Gasteiger partial charge >= 0.3 is 12.1 Å². The molecule has 38 heavy (non-hydrogen) atoms. The van der Waals surface area contributed by atoms with Crippen molar-refractivity contribution in [3.63, 3.8) is 0 Å². The first-order valence-electron chi connectivity index (χ1n) is 13.1. The lowest BCUT2D eigenvalue weighted by molar-refractivity contribution is -0.176. The zero-order chi connectivity index (χ0) is 28.4. The first-order valence-corrected chi connectivity index (χ1v) is 13.1. The molecular weight excluding hydrogens is 503 g/mol. The number of nitrogens with zero attached hydrogens (tertiary/aromatic N) is 2. The minimum Gasteiger partial charge on any atom is -0.350 e. The van der Waals surface area contributed by atoms with Gasteiger partial charge in [0.05, 0.1) is 6.07 Å². The zero-order valence-corrected chi connectivity index (χ0v) is 22.4. The number of rotatable bonds is 6. The lowest BCUT2D eigenvalue weighted by Crippen LogP contribution is -2.61. The van der Waals surface area contributed by atoms with Gasteiger partial charge in [-0.05, 0) is 54.8 Å². The van der Waals surface area contributed by atoms with Crippen molar-refractivity contribution in [2.45, 2.75) is 96.6 Å². The predicted molar refractivity (Wildman–Crippen MR) is 129 cm³/mol. The number of hydrogen-bond donors (Lipinski definition) is 3. The highest BCUT2D eigenvalue weighted by Crippen LogP contribution is 2.65. The number of piperidine rings is 1. The van der Waals surface area contributed by atoms with Gasteiger partial charge in [0.15, 0.2) is 0 Å². The van der Waals surface area contributed by atoms with E-state index in [-0.39, 0.29) is 41.7 Å². The molecule has 4 amide bonds. The molecule has 1 spiro atoms. The highest BCUT2D eigenvalue weighted by atomic mass is 19.4. The number of carbonyl (C=O) groups is 4. The van der Waals surface area contributed by atoms with E-state index >= 15 is 0 Å². The van der Waals surface area contributed by atoms with Crippen molar-refractivity contribution in [2.75, 3.05) is 6.54 Å². The Hall–Kier alpha value is -2.84. The molecule has 0 radical (unpaired) electrons. The minimum atomic E-state index is -5.17. The summed E-state index contributed by atoms with van der Waals surface area (Å²) < 4.78 is 39.0. The fraction of sp³-hybridized carbons (Fsp3) is 0.808. The van der Waals surface area contributed by atoms with Crippen LogP contribution in [0.5, 0.6) is 0 Å². The summed E-state index contributed by atoms with van der Waals surface area (Å²) in [4.78, 5) is 52.6. The van der Waals surface area contributed by atoms with Crippen LogP contribution in [0, 0.1) is 39.9 Å². The average molecular weight is 540 g/mol. The number of alkyl halides is 3. The maximum absolute atomic E-state index is 13.6. The number of halogens is 3. The van der Waals surface area contributed by atoms with E-state index in [1.54, 1.807) is 0 Å². The van der Waals surface area contributed by atoms with E-state index in [1.165, 1.54) is 25.7 Å². The molecule has 0 aromatic rings. The summed E-state index contributed by atoms with van der Waals surface area (Å²) in [5, 5.41) is 17.3. The quantitative estimate of drug-likeness (QED) is 0.475. The fourth-order valence-electron chi connectivity index (χ4n) is 6.63. The monoisotopic (exact) mass is 539 g/mol. The van der Waals surface area contributed by atoms with Crippen molar-refractivity contribution in [3.8, 4) is 6.07 Å². The van der Waals surface area contributed by atoms with Crippen LogP contribution in [0.4, 0.5) is 13.2 Å². The van der Waals surface area contributed by atoms with E-state index in [2.05, 4.69) is 16.7 Å². The van der Waals surface area contributed by atoms with E-state index < -0.39 is 53.4 Å². The van der Waals surface area contributed by atoms with Crippen LogP contribution < -0.4 is 16.0 Å². The number of hydrogen-bond acceptors (Lipinski definition) is 5. The molecule has 0 aromatic carbocycles. The van der Waals surface area contributed by atoms with E-state index in [1.807, 2.05) is 19.2 Å². The first-order chi connectivity index (χ1) is 17.4. The van der Waals surface area contributed by atoms with Crippen LogP contribution in [-0.4, -0.2) is 64.9 Å². The Kier molecular flexibility index (Phi) is 6.77. The standard InChI is InChI=1S/C26H36F3N5O4/c1-23(2,3)18(32-22(38)26(27,28)29)21(37)34-12-15-16(24(15,4)5)17(34)20(36)31-14(11-30)9-13-10-25(7-6-8-25)33-19(13)35/h13-18H,6-10,12H2,1-5H3,(H,31,36)(H,32,38)(H,33,35)/t13-,14+,15?,16?,17?,18-/m1/s1.